The Morgan fingerprint density at radius 2 is 1.74 bits per heavy atom. The molecule has 1 atom stereocenters. The van der Waals surface area contributed by atoms with E-state index in [4.69, 9.17) is 4.74 Å². The number of rotatable bonds is 3. The summed E-state index contributed by atoms with van der Waals surface area (Å²) in [5.74, 6) is 0.691. The highest BCUT2D eigenvalue weighted by atomic mass is 127. The van der Waals surface area contributed by atoms with E-state index in [-0.39, 0.29) is 0 Å². The van der Waals surface area contributed by atoms with Gasteiger partial charge < -0.3 is 4.74 Å². The zero-order valence-electron chi connectivity index (χ0n) is 11.1. The fourth-order valence-electron chi connectivity index (χ4n) is 1.98. The molecule has 1 aromatic carbocycles. The van der Waals surface area contributed by atoms with E-state index in [9.17, 15) is 13.0 Å². The van der Waals surface area contributed by atoms with Crippen LogP contribution in [0.5, 0.6) is 5.75 Å². The zero-order valence-corrected chi connectivity index (χ0v) is 16.2. The summed E-state index contributed by atoms with van der Waals surface area (Å²) in [6.45, 7) is 5.37. The maximum absolute atomic E-state index is 11.7. The van der Waals surface area contributed by atoms with Crippen LogP contribution in [0.25, 0.3) is 0 Å². The van der Waals surface area contributed by atoms with Crippen molar-refractivity contribution in [2.75, 3.05) is 7.11 Å². The number of halogens is 2. The summed E-state index contributed by atoms with van der Waals surface area (Å²) in [4.78, 5) is 0. The largest absolute Gasteiger partial charge is 0.496 e. The number of benzene rings is 1. The van der Waals surface area contributed by atoms with Gasteiger partial charge in [0.25, 0.3) is 10.1 Å². The van der Waals surface area contributed by atoms with Gasteiger partial charge in [0.15, 0.2) is 0 Å². The Kier molecular flexibility index (Phi) is 5.53. The first kappa shape index (κ1) is 17.4. The Labute approximate surface area is 141 Å². The third-order valence-electron chi connectivity index (χ3n) is 2.64. The summed E-state index contributed by atoms with van der Waals surface area (Å²) in [6, 6.07) is 3.53. The summed E-state index contributed by atoms with van der Waals surface area (Å²) in [5.41, 5.74) is -0.00802. The molecule has 0 amide bonds. The number of hydrogen-bond acceptors (Lipinski definition) is 3. The van der Waals surface area contributed by atoms with Gasteiger partial charge in [0.1, 0.15) is 11.0 Å². The van der Waals surface area contributed by atoms with Crippen LogP contribution < -0.4 is 4.74 Å². The third-order valence-corrected chi connectivity index (χ3v) is 5.97. The first-order chi connectivity index (χ1) is 8.48. The molecule has 0 fully saturated rings. The van der Waals surface area contributed by atoms with Crippen LogP contribution in [0.4, 0.5) is 0 Å². The highest BCUT2D eigenvalue weighted by molar-refractivity contribution is 14.1. The van der Waals surface area contributed by atoms with Crippen LogP contribution in [-0.4, -0.2) is 20.1 Å². The maximum atomic E-state index is 11.7. The molecule has 1 aromatic rings. The fourth-order valence-corrected chi connectivity index (χ4v) is 5.06. The van der Waals surface area contributed by atoms with E-state index in [0.717, 1.165) is 7.14 Å². The minimum Gasteiger partial charge on any atom is -0.496 e. The van der Waals surface area contributed by atoms with Gasteiger partial charge in [-0.1, -0.05) is 20.8 Å². The van der Waals surface area contributed by atoms with Gasteiger partial charge in [0, 0.05) is 3.57 Å². The molecule has 0 aromatic heterocycles. The van der Waals surface area contributed by atoms with Gasteiger partial charge in [-0.3, -0.25) is 4.55 Å². The molecule has 0 bridgehead atoms. The van der Waals surface area contributed by atoms with Gasteiger partial charge in [0.05, 0.1) is 10.7 Å². The molecule has 1 unspecified atom stereocenters. The van der Waals surface area contributed by atoms with Crippen molar-refractivity contribution in [1.29, 1.82) is 0 Å². The third kappa shape index (κ3) is 4.18. The summed E-state index contributed by atoms with van der Waals surface area (Å²) in [5, 5.41) is -0.966. The van der Waals surface area contributed by atoms with Crippen molar-refractivity contribution in [3.63, 3.8) is 0 Å². The molecule has 0 heterocycles. The van der Waals surface area contributed by atoms with E-state index in [2.05, 4.69) is 45.2 Å². The van der Waals surface area contributed by atoms with Crippen LogP contribution in [0.2, 0.25) is 0 Å². The lowest BCUT2D eigenvalue weighted by molar-refractivity contribution is 0.354. The van der Waals surface area contributed by atoms with Crippen LogP contribution in [0.3, 0.4) is 0 Å². The first-order valence-electron chi connectivity index (χ1n) is 5.47. The van der Waals surface area contributed by atoms with Gasteiger partial charge in [-0.2, -0.15) is 8.42 Å². The number of hydrogen-bond donors (Lipinski definition) is 1. The van der Waals surface area contributed by atoms with Crippen LogP contribution in [0.15, 0.2) is 12.1 Å². The van der Waals surface area contributed by atoms with Gasteiger partial charge >= 0.3 is 0 Å². The Balaban J connectivity index is 3.54. The molecule has 19 heavy (non-hydrogen) atoms. The van der Waals surface area contributed by atoms with Crippen LogP contribution >= 0.6 is 45.2 Å². The van der Waals surface area contributed by atoms with Crippen molar-refractivity contribution in [1.82, 2.24) is 0 Å². The molecular formula is C12H16I2O4S. The standard InChI is InChI=1S/C12H16I2O4S/c1-12(2,3)11(19(15,16)17)7-5-9(14)10(18-4)6-8(7)13/h5-6,11H,1-4H3,(H,15,16,17). The SMILES string of the molecule is COc1cc(I)c(C(C(C)(C)C)S(=O)(=O)O)cc1I. The second-order valence-electron chi connectivity index (χ2n) is 5.27. The van der Waals surface area contributed by atoms with E-state index in [1.54, 1.807) is 40.0 Å². The summed E-state index contributed by atoms with van der Waals surface area (Å²) in [6.07, 6.45) is 0. The normalized spacial score (nSPS) is 14.3. The average Bonchev–Trinajstić information content (AvgIpc) is 2.18. The quantitative estimate of drug-likeness (QED) is 0.496. The minimum atomic E-state index is -4.18. The second kappa shape index (κ2) is 6.02. The summed E-state index contributed by atoms with van der Waals surface area (Å²) in [7, 11) is -2.62. The van der Waals surface area contributed by atoms with E-state index in [1.165, 1.54) is 0 Å². The lowest BCUT2D eigenvalue weighted by Crippen LogP contribution is -2.27. The van der Waals surface area contributed by atoms with E-state index < -0.39 is 20.8 Å². The van der Waals surface area contributed by atoms with Crippen molar-refractivity contribution >= 4 is 55.3 Å². The summed E-state index contributed by atoms with van der Waals surface area (Å²) >= 11 is 4.15. The molecule has 0 spiro atoms. The molecule has 0 aliphatic heterocycles. The lowest BCUT2D eigenvalue weighted by Gasteiger charge is -2.29. The molecule has 0 radical (unpaired) electrons. The van der Waals surface area contributed by atoms with Gasteiger partial charge in [-0.05, 0) is 68.3 Å². The molecule has 0 saturated heterocycles. The fraction of sp³-hybridized carbons (Fsp3) is 0.500. The summed E-state index contributed by atoms with van der Waals surface area (Å²) < 4.78 is 39.8. The van der Waals surface area contributed by atoms with Gasteiger partial charge in [-0.25, -0.2) is 0 Å². The Morgan fingerprint density at radius 3 is 2.11 bits per heavy atom. The maximum Gasteiger partial charge on any atom is 0.272 e. The van der Waals surface area contributed by atoms with E-state index in [0.29, 0.717) is 11.3 Å². The highest BCUT2D eigenvalue weighted by Gasteiger charge is 2.38. The Hall–Kier alpha value is 0.390. The molecule has 4 nitrogen and oxygen atoms in total. The lowest BCUT2D eigenvalue weighted by atomic mass is 9.87. The predicted molar refractivity (Wildman–Crippen MR) is 92.2 cm³/mol. The number of methoxy groups -OCH3 is 1. The molecule has 0 aliphatic rings. The Morgan fingerprint density at radius 1 is 1.21 bits per heavy atom. The highest BCUT2D eigenvalue weighted by Crippen LogP contribution is 2.42. The first-order valence-corrected chi connectivity index (χ1v) is 9.13. The molecule has 0 saturated carbocycles. The van der Waals surface area contributed by atoms with Gasteiger partial charge in [-0.15, -0.1) is 0 Å². The van der Waals surface area contributed by atoms with Crippen molar-refractivity contribution in [2.45, 2.75) is 26.0 Å². The molecule has 108 valence electrons. The van der Waals surface area contributed by atoms with Crippen LogP contribution in [0.1, 0.15) is 31.6 Å². The second-order valence-corrected chi connectivity index (χ2v) is 9.10. The topological polar surface area (TPSA) is 63.6 Å². The molecule has 1 N–H and O–H groups in total. The van der Waals surface area contributed by atoms with E-state index >= 15 is 0 Å². The van der Waals surface area contributed by atoms with Crippen LogP contribution in [-0.2, 0) is 10.1 Å². The zero-order chi connectivity index (χ0) is 15.0. The van der Waals surface area contributed by atoms with Crippen molar-refractivity contribution in [3.8, 4) is 5.75 Å². The van der Waals surface area contributed by atoms with Crippen molar-refractivity contribution < 1.29 is 17.7 Å². The predicted octanol–water partition coefficient (Wildman–Crippen LogP) is 3.88. The molecule has 1 rings (SSSR count). The Bertz CT molecular complexity index is 576. The van der Waals surface area contributed by atoms with Crippen LogP contribution in [0, 0.1) is 12.6 Å². The van der Waals surface area contributed by atoms with Gasteiger partial charge in [0.2, 0.25) is 0 Å². The molecule has 0 aliphatic carbocycles. The molecule has 7 heteroatoms. The van der Waals surface area contributed by atoms with Crippen molar-refractivity contribution in [3.05, 3.63) is 24.8 Å². The van der Waals surface area contributed by atoms with Crippen molar-refractivity contribution in [2.24, 2.45) is 5.41 Å². The monoisotopic (exact) mass is 510 g/mol. The smallest absolute Gasteiger partial charge is 0.272 e. The minimum absolute atomic E-state index is 0.598. The molecular weight excluding hydrogens is 494 g/mol. The average molecular weight is 510 g/mol. The number of ether oxygens (including phenoxy) is 1. The van der Waals surface area contributed by atoms with E-state index in [1.807, 2.05) is 0 Å².